The highest BCUT2D eigenvalue weighted by molar-refractivity contribution is 9.11. The van der Waals surface area contributed by atoms with Crippen LogP contribution in [0.25, 0.3) is 0 Å². The molecule has 152 valence electrons. The normalized spacial score (nSPS) is 19.7. The molecule has 1 saturated heterocycles. The van der Waals surface area contributed by atoms with Crippen LogP contribution in [-0.4, -0.2) is 34.8 Å². The van der Waals surface area contributed by atoms with Crippen molar-refractivity contribution in [2.45, 2.75) is 25.5 Å². The van der Waals surface area contributed by atoms with Gasteiger partial charge in [-0.2, -0.15) is 0 Å². The molecule has 0 bridgehead atoms. The number of likely N-dealkylation sites (tertiary alicyclic amines) is 1. The third-order valence-electron chi connectivity index (χ3n) is 5.31. The van der Waals surface area contributed by atoms with Crippen LogP contribution in [0, 0.1) is 5.92 Å². The Balaban J connectivity index is 1.36. The molecule has 0 radical (unpaired) electrons. The third-order valence-corrected chi connectivity index (χ3v) is 6.52. The molecule has 1 unspecified atom stereocenters. The van der Waals surface area contributed by atoms with E-state index in [0.717, 1.165) is 37.9 Å². The monoisotopic (exact) mass is 521 g/mol. The van der Waals surface area contributed by atoms with Gasteiger partial charge in [0.1, 0.15) is 5.75 Å². The highest BCUT2D eigenvalue weighted by atomic mass is 79.9. The van der Waals surface area contributed by atoms with E-state index in [0.29, 0.717) is 14.9 Å². The van der Waals surface area contributed by atoms with Crippen LogP contribution in [0.15, 0.2) is 56.4 Å². The maximum absolute atomic E-state index is 12.8. The molecule has 1 amide bonds. The smallest absolute Gasteiger partial charge is 0.291 e. The summed E-state index contributed by atoms with van der Waals surface area (Å²) in [7, 11) is 0. The van der Waals surface area contributed by atoms with Crippen molar-refractivity contribution in [1.82, 2.24) is 10.4 Å². The largest absolute Gasteiger partial charge is 0.506 e. The fraction of sp³-hybridized carbons (Fsp3) is 0.333. The Labute approximate surface area is 186 Å². The summed E-state index contributed by atoms with van der Waals surface area (Å²) < 4.78 is 1.06. The Bertz CT molecular complexity index is 905. The maximum Gasteiger partial charge on any atom is 0.291 e. The van der Waals surface area contributed by atoms with Crippen molar-refractivity contribution < 1.29 is 14.7 Å². The van der Waals surface area contributed by atoms with E-state index >= 15 is 0 Å². The van der Waals surface area contributed by atoms with Gasteiger partial charge in [-0.3, -0.25) is 4.79 Å². The van der Waals surface area contributed by atoms with Crippen LogP contribution < -0.4 is 5.48 Å². The van der Waals surface area contributed by atoms with Crippen LogP contribution in [0.1, 0.15) is 30.2 Å². The molecule has 1 atom stereocenters. The average molecular weight is 523 g/mol. The first-order chi connectivity index (χ1) is 14.0. The minimum atomic E-state index is -0.641. The number of carbonyl (C=O) groups is 1. The molecule has 4 rings (SSSR count). The number of amides is 1. The molecule has 0 aromatic heterocycles. The molecule has 2 aromatic rings. The summed E-state index contributed by atoms with van der Waals surface area (Å²) in [5.74, 6) is 0.786. The number of halogens is 2. The van der Waals surface area contributed by atoms with Crippen LogP contribution in [0.4, 0.5) is 0 Å². The number of carbonyl (C=O) groups excluding carboxylic acids is 1. The lowest BCUT2D eigenvalue weighted by atomic mass is 9.90. The van der Waals surface area contributed by atoms with Crippen LogP contribution in [-0.2, 0) is 16.1 Å². The number of hydrogen-bond acceptors (Lipinski definition) is 5. The predicted octanol–water partition coefficient (Wildman–Crippen LogP) is 4.33. The number of aliphatic imine (C=N–C) groups is 1. The van der Waals surface area contributed by atoms with E-state index in [4.69, 9.17) is 4.84 Å². The van der Waals surface area contributed by atoms with Gasteiger partial charge in [0, 0.05) is 18.7 Å². The number of aromatic hydroxyl groups is 1. The van der Waals surface area contributed by atoms with Crippen molar-refractivity contribution >= 4 is 43.6 Å². The standard InChI is InChI=1S/C21H21Br2N3O3/c22-16-11-15(12-17(23)18(16)27)20-24-19(25-29-20)21(28)26-8-6-14(7-9-26)10-13-4-2-1-3-5-13/h1-5,11-12,14,20,27H,6-10H2,(H,24,25). The van der Waals surface area contributed by atoms with E-state index in [2.05, 4.69) is 66.6 Å². The number of hydroxylamine groups is 1. The number of hydrogen-bond donors (Lipinski definition) is 2. The van der Waals surface area contributed by atoms with Gasteiger partial charge >= 0.3 is 0 Å². The Kier molecular flexibility index (Phi) is 6.22. The van der Waals surface area contributed by atoms with Crippen LogP contribution >= 0.6 is 31.9 Å². The van der Waals surface area contributed by atoms with Crippen LogP contribution in [0.2, 0.25) is 0 Å². The number of rotatable bonds is 4. The van der Waals surface area contributed by atoms with Gasteiger partial charge in [0.15, 0.2) is 0 Å². The molecule has 0 aliphatic carbocycles. The molecule has 6 nitrogen and oxygen atoms in total. The number of amidine groups is 1. The molecule has 2 heterocycles. The van der Waals surface area contributed by atoms with Gasteiger partial charge in [-0.15, -0.1) is 0 Å². The molecule has 0 spiro atoms. The van der Waals surface area contributed by atoms with Gasteiger partial charge in [-0.1, -0.05) is 30.3 Å². The lowest BCUT2D eigenvalue weighted by Crippen LogP contribution is -2.45. The molecule has 0 saturated carbocycles. The molecule has 1 fully saturated rings. The van der Waals surface area contributed by atoms with E-state index in [-0.39, 0.29) is 17.5 Å². The minimum Gasteiger partial charge on any atom is -0.506 e. The van der Waals surface area contributed by atoms with Crippen LogP contribution in [0.5, 0.6) is 5.75 Å². The van der Waals surface area contributed by atoms with Crippen LogP contribution in [0.3, 0.4) is 0 Å². The Hall–Kier alpha value is -1.90. The summed E-state index contributed by atoms with van der Waals surface area (Å²) >= 11 is 6.60. The van der Waals surface area contributed by atoms with Crippen molar-refractivity contribution in [1.29, 1.82) is 0 Å². The summed E-state index contributed by atoms with van der Waals surface area (Å²) in [5, 5.41) is 9.85. The maximum atomic E-state index is 12.8. The van der Waals surface area contributed by atoms with E-state index in [1.165, 1.54) is 5.56 Å². The predicted molar refractivity (Wildman–Crippen MR) is 117 cm³/mol. The first-order valence-corrected chi connectivity index (χ1v) is 11.1. The zero-order valence-corrected chi connectivity index (χ0v) is 18.8. The molecule has 2 aliphatic heterocycles. The van der Waals surface area contributed by atoms with Crippen molar-refractivity contribution in [3.05, 3.63) is 62.5 Å². The van der Waals surface area contributed by atoms with E-state index in [1.807, 2.05) is 11.0 Å². The summed E-state index contributed by atoms with van der Waals surface area (Å²) in [6.45, 7) is 1.44. The molecule has 2 aliphatic rings. The van der Waals surface area contributed by atoms with Crippen molar-refractivity contribution in [2.75, 3.05) is 13.1 Å². The number of phenols is 1. The first-order valence-electron chi connectivity index (χ1n) is 9.52. The van der Waals surface area contributed by atoms with Crippen molar-refractivity contribution in [2.24, 2.45) is 10.9 Å². The first kappa shape index (κ1) is 20.4. The Morgan fingerprint density at radius 1 is 1.17 bits per heavy atom. The Morgan fingerprint density at radius 2 is 1.83 bits per heavy atom. The SMILES string of the molecule is O=C(C1=NC(c2cc(Br)c(O)c(Br)c2)ON1)N1CCC(Cc2ccccc2)CC1. The third kappa shape index (κ3) is 4.65. The molecular formula is C21H21Br2N3O3. The van der Waals surface area contributed by atoms with E-state index in [9.17, 15) is 9.90 Å². The second kappa shape index (κ2) is 8.85. The molecule has 8 heteroatoms. The van der Waals surface area contributed by atoms with Gasteiger partial charge in [-0.25, -0.2) is 15.3 Å². The minimum absolute atomic E-state index is 0.110. The lowest BCUT2D eigenvalue weighted by Gasteiger charge is -2.31. The topological polar surface area (TPSA) is 74.2 Å². The highest BCUT2D eigenvalue weighted by Gasteiger charge is 2.31. The Morgan fingerprint density at radius 3 is 2.48 bits per heavy atom. The number of piperidine rings is 1. The molecular weight excluding hydrogens is 502 g/mol. The summed E-state index contributed by atoms with van der Waals surface area (Å²) in [4.78, 5) is 24.5. The fourth-order valence-electron chi connectivity index (χ4n) is 3.69. The van der Waals surface area contributed by atoms with Gasteiger partial charge in [0.25, 0.3) is 5.91 Å². The second-order valence-electron chi connectivity index (χ2n) is 7.31. The van der Waals surface area contributed by atoms with Gasteiger partial charge in [0.2, 0.25) is 12.1 Å². The number of nitrogens with one attached hydrogen (secondary N) is 1. The summed E-state index contributed by atoms with van der Waals surface area (Å²) in [5.41, 5.74) is 4.74. The number of nitrogens with zero attached hydrogens (tertiary/aromatic N) is 2. The van der Waals surface area contributed by atoms with Gasteiger partial charge in [-0.05, 0) is 74.7 Å². The quantitative estimate of drug-likeness (QED) is 0.626. The van der Waals surface area contributed by atoms with Crippen molar-refractivity contribution in [3.8, 4) is 5.75 Å². The number of benzene rings is 2. The lowest BCUT2D eigenvalue weighted by molar-refractivity contribution is -0.126. The molecule has 29 heavy (non-hydrogen) atoms. The second-order valence-corrected chi connectivity index (χ2v) is 9.02. The zero-order chi connectivity index (χ0) is 20.4. The summed E-state index contributed by atoms with van der Waals surface area (Å²) in [6.07, 6.45) is 2.38. The molecule has 2 N–H and O–H groups in total. The van der Waals surface area contributed by atoms with Gasteiger partial charge in [0.05, 0.1) is 8.95 Å². The average Bonchev–Trinajstić information content (AvgIpc) is 3.23. The fourth-order valence-corrected chi connectivity index (χ4v) is 4.91. The number of phenolic OH excluding ortho intramolecular Hbond substituents is 1. The van der Waals surface area contributed by atoms with E-state index < -0.39 is 6.23 Å². The molecule has 2 aromatic carbocycles. The van der Waals surface area contributed by atoms with E-state index in [1.54, 1.807) is 12.1 Å². The summed E-state index contributed by atoms with van der Waals surface area (Å²) in [6, 6.07) is 13.9. The zero-order valence-electron chi connectivity index (χ0n) is 15.6. The van der Waals surface area contributed by atoms with Crippen molar-refractivity contribution in [3.63, 3.8) is 0 Å². The van der Waals surface area contributed by atoms with Gasteiger partial charge < -0.3 is 10.0 Å². The highest BCUT2D eigenvalue weighted by Crippen LogP contribution is 2.36.